The van der Waals surface area contributed by atoms with E-state index in [0.29, 0.717) is 5.76 Å². The number of hydrogen-bond acceptors (Lipinski definition) is 5. The zero-order valence-electron chi connectivity index (χ0n) is 14.3. The van der Waals surface area contributed by atoms with Crippen LogP contribution in [0.2, 0.25) is 0 Å². The van der Waals surface area contributed by atoms with Gasteiger partial charge in [-0.25, -0.2) is 0 Å². The van der Waals surface area contributed by atoms with E-state index in [9.17, 15) is 20.1 Å². The van der Waals surface area contributed by atoms with Crippen LogP contribution in [0.5, 0.6) is 5.75 Å². The SMILES string of the molecule is CC(C)=CCC1(O)C=CC2=C(C(=O)CC(c3ccc(O)cc3)O2)C1O. The third-order valence-corrected chi connectivity index (χ3v) is 4.58. The fraction of sp³-hybridized carbons (Fsp3) is 0.350. The lowest BCUT2D eigenvalue weighted by Crippen LogP contribution is -2.46. The molecule has 0 radical (unpaired) electrons. The molecule has 2 aliphatic rings. The molecule has 3 atom stereocenters. The van der Waals surface area contributed by atoms with Gasteiger partial charge in [0.2, 0.25) is 0 Å². The lowest BCUT2D eigenvalue weighted by Gasteiger charge is -2.38. The monoisotopic (exact) mass is 342 g/mol. The van der Waals surface area contributed by atoms with Crippen LogP contribution < -0.4 is 0 Å². The van der Waals surface area contributed by atoms with Crippen LogP contribution in [-0.4, -0.2) is 32.8 Å². The Bertz CT molecular complexity index is 768. The molecule has 0 amide bonds. The summed E-state index contributed by atoms with van der Waals surface area (Å²) in [6.45, 7) is 3.81. The van der Waals surface area contributed by atoms with E-state index in [1.54, 1.807) is 18.2 Å². The van der Waals surface area contributed by atoms with Gasteiger partial charge < -0.3 is 20.1 Å². The van der Waals surface area contributed by atoms with Gasteiger partial charge in [-0.3, -0.25) is 4.79 Å². The number of aliphatic hydroxyl groups is 2. The van der Waals surface area contributed by atoms with Gasteiger partial charge in [-0.05, 0) is 43.7 Å². The smallest absolute Gasteiger partial charge is 0.169 e. The minimum Gasteiger partial charge on any atom is -0.508 e. The number of ketones is 1. The van der Waals surface area contributed by atoms with Crippen LogP contribution in [-0.2, 0) is 9.53 Å². The molecule has 132 valence electrons. The molecule has 1 aromatic rings. The first-order chi connectivity index (χ1) is 11.8. The molecule has 0 fully saturated rings. The second kappa shape index (κ2) is 6.50. The molecule has 1 aromatic carbocycles. The molecule has 0 saturated carbocycles. The number of rotatable bonds is 3. The van der Waals surface area contributed by atoms with Crippen LogP contribution in [0, 0.1) is 0 Å². The van der Waals surface area contributed by atoms with Gasteiger partial charge in [0.1, 0.15) is 29.3 Å². The molecule has 5 heteroatoms. The van der Waals surface area contributed by atoms with Crippen molar-refractivity contribution in [2.45, 2.75) is 44.5 Å². The first-order valence-electron chi connectivity index (χ1n) is 8.26. The van der Waals surface area contributed by atoms with E-state index in [4.69, 9.17) is 4.74 Å². The number of benzene rings is 1. The summed E-state index contributed by atoms with van der Waals surface area (Å²) >= 11 is 0. The van der Waals surface area contributed by atoms with Crippen LogP contribution in [0.15, 0.2) is 59.4 Å². The third kappa shape index (κ3) is 3.38. The van der Waals surface area contributed by atoms with E-state index < -0.39 is 17.8 Å². The van der Waals surface area contributed by atoms with Crippen molar-refractivity contribution >= 4 is 5.78 Å². The van der Waals surface area contributed by atoms with Crippen LogP contribution in [0.1, 0.15) is 38.4 Å². The summed E-state index contributed by atoms with van der Waals surface area (Å²) in [6, 6.07) is 6.48. The number of ether oxygens (including phenoxy) is 1. The summed E-state index contributed by atoms with van der Waals surface area (Å²) in [5, 5.41) is 30.7. The predicted molar refractivity (Wildman–Crippen MR) is 92.7 cm³/mol. The zero-order chi connectivity index (χ0) is 18.2. The molecule has 25 heavy (non-hydrogen) atoms. The number of Topliss-reactive ketones (excluding diaryl/α,β-unsaturated/α-hetero) is 1. The lowest BCUT2D eigenvalue weighted by molar-refractivity contribution is -0.124. The lowest BCUT2D eigenvalue weighted by atomic mass is 9.79. The molecule has 3 unspecified atom stereocenters. The van der Waals surface area contributed by atoms with Crippen LogP contribution in [0.25, 0.3) is 0 Å². The van der Waals surface area contributed by atoms with Crippen molar-refractivity contribution < 1.29 is 24.9 Å². The molecule has 5 nitrogen and oxygen atoms in total. The van der Waals surface area contributed by atoms with E-state index in [1.807, 2.05) is 19.9 Å². The highest BCUT2D eigenvalue weighted by molar-refractivity contribution is 5.99. The van der Waals surface area contributed by atoms with Gasteiger partial charge in [0.15, 0.2) is 5.78 Å². The van der Waals surface area contributed by atoms with Gasteiger partial charge in [0.05, 0.1) is 12.0 Å². The van der Waals surface area contributed by atoms with Gasteiger partial charge in [-0.2, -0.15) is 0 Å². The molecule has 0 spiro atoms. The second-order valence-corrected chi connectivity index (χ2v) is 6.82. The molecule has 0 aromatic heterocycles. The molecule has 3 N–H and O–H groups in total. The molecule has 0 bridgehead atoms. The minimum atomic E-state index is -1.51. The molecule has 1 aliphatic carbocycles. The van der Waals surface area contributed by atoms with Gasteiger partial charge in [0, 0.05) is 6.42 Å². The maximum atomic E-state index is 12.6. The second-order valence-electron chi connectivity index (χ2n) is 6.82. The maximum absolute atomic E-state index is 12.6. The number of carbonyl (C=O) groups is 1. The van der Waals surface area contributed by atoms with Gasteiger partial charge in [-0.1, -0.05) is 23.8 Å². The largest absolute Gasteiger partial charge is 0.508 e. The number of phenols is 1. The number of aromatic hydroxyl groups is 1. The van der Waals surface area contributed by atoms with Crippen LogP contribution >= 0.6 is 0 Å². The van der Waals surface area contributed by atoms with Crippen molar-refractivity contribution in [3.05, 3.63) is 65.0 Å². The minimum absolute atomic E-state index is 0.0766. The summed E-state index contributed by atoms with van der Waals surface area (Å²) in [4.78, 5) is 12.6. The Balaban J connectivity index is 1.87. The number of phenolic OH excluding ortho intramolecular Hbond substituents is 1. The van der Waals surface area contributed by atoms with Gasteiger partial charge in [-0.15, -0.1) is 0 Å². The first-order valence-corrected chi connectivity index (χ1v) is 8.26. The Hall–Kier alpha value is -2.37. The fourth-order valence-electron chi connectivity index (χ4n) is 3.07. The number of hydrogen-bond donors (Lipinski definition) is 3. The Morgan fingerprint density at radius 3 is 2.64 bits per heavy atom. The Labute approximate surface area is 146 Å². The summed E-state index contributed by atoms with van der Waals surface area (Å²) in [5.74, 6) is 0.193. The standard InChI is InChI=1S/C20H22O5/c1-12(2)7-9-20(24)10-8-16-18(19(20)23)15(22)11-17(25-16)13-3-5-14(21)6-4-13/h3-8,10,17,19,21,23-24H,9,11H2,1-2H3. The van der Waals surface area contributed by atoms with E-state index in [-0.39, 0.29) is 29.9 Å². The van der Waals surface area contributed by atoms with Crippen molar-refractivity contribution in [1.82, 2.24) is 0 Å². The highest BCUT2D eigenvalue weighted by Gasteiger charge is 2.44. The predicted octanol–water partition coefficient (Wildman–Crippen LogP) is 2.69. The summed E-state index contributed by atoms with van der Waals surface area (Å²) in [5.41, 5.74) is 0.404. The van der Waals surface area contributed by atoms with Crippen molar-refractivity contribution in [2.24, 2.45) is 0 Å². The average Bonchev–Trinajstić information content (AvgIpc) is 2.57. The molecule has 3 rings (SSSR count). The number of aliphatic hydroxyl groups excluding tert-OH is 1. The molecule has 1 aliphatic heterocycles. The molecule has 0 saturated heterocycles. The van der Waals surface area contributed by atoms with Gasteiger partial charge >= 0.3 is 0 Å². The van der Waals surface area contributed by atoms with Crippen molar-refractivity contribution in [2.75, 3.05) is 0 Å². The molecular weight excluding hydrogens is 320 g/mol. The molecular formula is C20H22O5. The van der Waals surface area contributed by atoms with E-state index >= 15 is 0 Å². The van der Waals surface area contributed by atoms with E-state index in [2.05, 4.69) is 0 Å². The Morgan fingerprint density at radius 2 is 2.00 bits per heavy atom. The zero-order valence-corrected chi connectivity index (χ0v) is 14.3. The Kier molecular flexibility index (Phi) is 4.54. The number of allylic oxidation sites excluding steroid dienone is 2. The van der Waals surface area contributed by atoms with E-state index in [1.165, 1.54) is 18.2 Å². The van der Waals surface area contributed by atoms with Crippen molar-refractivity contribution in [3.8, 4) is 5.75 Å². The van der Waals surface area contributed by atoms with Crippen LogP contribution in [0.3, 0.4) is 0 Å². The Morgan fingerprint density at radius 1 is 1.32 bits per heavy atom. The molecule has 1 heterocycles. The average molecular weight is 342 g/mol. The summed E-state index contributed by atoms with van der Waals surface area (Å²) in [7, 11) is 0. The summed E-state index contributed by atoms with van der Waals surface area (Å²) < 4.78 is 5.88. The van der Waals surface area contributed by atoms with Crippen molar-refractivity contribution in [3.63, 3.8) is 0 Å². The van der Waals surface area contributed by atoms with Gasteiger partial charge in [0.25, 0.3) is 0 Å². The highest BCUT2D eigenvalue weighted by Crippen LogP contribution is 2.40. The fourth-order valence-corrected chi connectivity index (χ4v) is 3.07. The number of carbonyl (C=O) groups excluding carboxylic acids is 1. The highest BCUT2D eigenvalue weighted by atomic mass is 16.5. The normalized spacial score (nSPS) is 28.4. The topological polar surface area (TPSA) is 87.0 Å². The van der Waals surface area contributed by atoms with Crippen LogP contribution in [0.4, 0.5) is 0 Å². The first kappa shape index (κ1) is 17.5. The summed E-state index contributed by atoms with van der Waals surface area (Å²) in [6.07, 6.45) is 3.37. The maximum Gasteiger partial charge on any atom is 0.169 e. The third-order valence-electron chi connectivity index (χ3n) is 4.58. The van der Waals surface area contributed by atoms with E-state index in [0.717, 1.165) is 11.1 Å². The quantitative estimate of drug-likeness (QED) is 0.735. The van der Waals surface area contributed by atoms with Crippen molar-refractivity contribution in [1.29, 1.82) is 0 Å².